The molecule has 0 aliphatic heterocycles. The summed E-state index contributed by atoms with van der Waals surface area (Å²) in [5.74, 6) is -0.847. The number of aromatic nitrogens is 2. The van der Waals surface area contributed by atoms with Crippen molar-refractivity contribution in [2.45, 2.75) is 12.6 Å². The fraction of sp³-hybridized carbons (Fsp3) is 0.200. The molecule has 0 unspecified atom stereocenters. The summed E-state index contributed by atoms with van der Waals surface area (Å²) in [6.45, 7) is 0.297. The molecule has 0 radical (unpaired) electrons. The number of likely N-dealkylation sites (N-methyl/N-ethyl adjacent to an activating group) is 1. The number of nitrogens with zero attached hydrogens (tertiary/aromatic N) is 3. The van der Waals surface area contributed by atoms with Crippen LogP contribution in [0.5, 0.6) is 0 Å². The molecule has 1 amide bonds. The average Bonchev–Trinajstić information content (AvgIpc) is 3.11. The van der Waals surface area contributed by atoms with Crippen LogP contribution in [0.15, 0.2) is 60.9 Å². The molecule has 27 heavy (non-hydrogen) atoms. The van der Waals surface area contributed by atoms with Crippen LogP contribution >= 0.6 is 0 Å². The van der Waals surface area contributed by atoms with Gasteiger partial charge in [-0.1, -0.05) is 12.1 Å². The predicted octanol–water partition coefficient (Wildman–Crippen LogP) is 3.07. The maximum absolute atomic E-state index is 13.1. The van der Waals surface area contributed by atoms with Gasteiger partial charge in [0, 0.05) is 18.3 Å². The van der Waals surface area contributed by atoms with E-state index in [1.54, 1.807) is 60.3 Å². The van der Waals surface area contributed by atoms with Crippen molar-refractivity contribution in [2.75, 3.05) is 14.1 Å². The molecule has 1 heterocycles. The summed E-state index contributed by atoms with van der Waals surface area (Å²) in [4.78, 5) is 14.4. The molecule has 0 saturated heterocycles. The standard InChI is InChI=1S/C20H20F2N4O/c1-25(2)19(15-3-5-16(21)6-4-15)20(27)23-11-14-12-24-26(13-14)18-9-7-17(22)8-10-18/h3-10,12-13,19H,11H2,1-2H3,(H,23,27)/t19-/m1/s1. The molecule has 0 spiro atoms. The first-order valence-electron chi connectivity index (χ1n) is 8.43. The van der Waals surface area contributed by atoms with E-state index in [1.807, 2.05) is 0 Å². The van der Waals surface area contributed by atoms with Crippen molar-refractivity contribution in [3.05, 3.63) is 83.7 Å². The molecular weight excluding hydrogens is 350 g/mol. The molecule has 7 heteroatoms. The zero-order valence-corrected chi connectivity index (χ0v) is 15.1. The van der Waals surface area contributed by atoms with E-state index < -0.39 is 6.04 Å². The van der Waals surface area contributed by atoms with Gasteiger partial charge in [-0.05, 0) is 56.1 Å². The Kier molecular flexibility index (Phi) is 5.61. The van der Waals surface area contributed by atoms with E-state index in [4.69, 9.17) is 0 Å². The van der Waals surface area contributed by atoms with Crippen molar-refractivity contribution in [3.63, 3.8) is 0 Å². The van der Waals surface area contributed by atoms with E-state index in [0.29, 0.717) is 12.1 Å². The van der Waals surface area contributed by atoms with Crippen LogP contribution in [0.4, 0.5) is 8.78 Å². The number of rotatable bonds is 6. The molecule has 140 valence electrons. The van der Waals surface area contributed by atoms with Gasteiger partial charge in [0.25, 0.3) is 0 Å². The van der Waals surface area contributed by atoms with Crippen molar-refractivity contribution < 1.29 is 13.6 Å². The molecule has 5 nitrogen and oxygen atoms in total. The highest BCUT2D eigenvalue weighted by Gasteiger charge is 2.22. The van der Waals surface area contributed by atoms with Gasteiger partial charge in [-0.3, -0.25) is 9.69 Å². The Balaban J connectivity index is 1.67. The highest BCUT2D eigenvalue weighted by Crippen LogP contribution is 2.19. The summed E-state index contributed by atoms with van der Waals surface area (Å²) in [6.07, 6.45) is 3.42. The Labute approximate surface area is 156 Å². The maximum Gasteiger partial charge on any atom is 0.242 e. The lowest BCUT2D eigenvalue weighted by Crippen LogP contribution is -2.36. The van der Waals surface area contributed by atoms with Gasteiger partial charge in [-0.25, -0.2) is 13.5 Å². The molecular formula is C20H20F2N4O. The first-order valence-corrected chi connectivity index (χ1v) is 8.43. The highest BCUT2D eigenvalue weighted by atomic mass is 19.1. The number of carbonyl (C=O) groups is 1. The summed E-state index contributed by atoms with van der Waals surface area (Å²) in [6, 6.07) is 11.3. The normalized spacial score (nSPS) is 12.2. The van der Waals surface area contributed by atoms with E-state index in [2.05, 4.69) is 10.4 Å². The minimum Gasteiger partial charge on any atom is -0.350 e. The zero-order chi connectivity index (χ0) is 19.4. The molecule has 0 aliphatic rings. The second-order valence-electron chi connectivity index (χ2n) is 6.41. The smallest absolute Gasteiger partial charge is 0.242 e. The second kappa shape index (κ2) is 8.09. The van der Waals surface area contributed by atoms with Crippen molar-refractivity contribution in [2.24, 2.45) is 0 Å². The zero-order valence-electron chi connectivity index (χ0n) is 15.1. The lowest BCUT2D eigenvalue weighted by molar-refractivity contribution is -0.125. The van der Waals surface area contributed by atoms with Gasteiger partial charge in [0.05, 0.1) is 11.9 Å². The van der Waals surface area contributed by atoms with Gasteiger partial charge in [-0.2, -0.15) is 5.10 Å². The largest absolute Gasteiger partial charge is 0.350 e. The molecule has 2 aromatic carbocycles. The minimum atomic E-state index is -0.530. The highest BCUT2D eigenvalue weighted by molar-refractivity contribution is 5.83. The molecule has 0 saturated carbocycles. The lowest BCUT2D eigenvalue weighted by atomic mass is 10.1. The van der Waals surface area contributed by atoms with E-state index in [0.717, 1.165) is 11.3 Å². The van der Waals surface area contributed by atoms with Crippen molar-refractivity contribution in [1.29, 1.82) is 0 Å². The Bertz CT molecular complexity index is 904. The fourth-order valence-corrected chi connectivity index (χ4v) is 2.80. The van der Waals surface area contributed by atoms with Gasteiger partial charge in [0.2, 0.25) is 5.91 Å². The third-order valence-corrected chi connectivity index (χ3v) is 4.14. The number of hydrogen-bond acceptors (Lipinski definition) is 3. The summed E-state index contributed by atoms with van der Waals surface area (Å²) in [7, 11) is 3.58. The molecule has 0 aliphatic carbocycles. The Morgan fingerprint density at radius 2 is 1.67 bits per heavy atom. The van der Waals surface area contributed by atoms with Crippen LogP contribution in [0.1, 0.15) is 17.2 Å². The van der Waals surface area contributed by atoms with Gasteiger partial charge in [-0.15, -0.1) is 0 Å². The van der Waals surface area contributed by atoms with E-state index in [9.17, 15) is 13.6 Å². The molecule has 1 N–H and O–H groups in total. The van der Waals surface area contributed by atoms with Crippen LogP contribution in [0.2, 0.25) is 0 Å². The number of nitrogens with one attached hydrogen (secondary N) is 1. The number of halogens is 2. The number of amides is 1. The third-order valence-electron chi connectivity index (χ3n) is 4.14. The van der Waals surface area contributed by atoms with Gasteiger partial charge in [0.15, 0.2) is 0 Å². The van der Waals surface area contributed by atoms with Crippen LogP contribution in [-0.4, -0.2) is 34.7 Å². The topological polar surface area (TPSA) is 50.2 Å². The molecule has 1 aromatic heterocycles. The predicted molar refractivity (Wildman–Crippen MR) is 98.2 cm³/mol. The van der Waals surface area contributed by atoms with Crippen molar-refractivity contribution in [1.82, 2.24) is 20.0 Å². The van der Waals surface area contributed by atoms with Crippen LogP contribution < -0.4 is 5.32 Å². The van der Waals surface area contributed by atoms with E-state index >= 15 is 0 Å². The number of carbonyl (C=O) groups excluding carboxylic acids is 1. The van der Waals surface area contributed by atoms with Gasteiger partial charge >= 0.3 is 0 Å². The number of hydrogen-bond donors (Lipinski definition) is 1. The second-order valence-corrected chi connectivity index (χ2v) is 6.41. The molecule has 0 fully saturated rings. The Morgan fingerprint density at radius 1 is 1.07 bits per heavy atom. The Morgan fingerprint density at radius 3 is 2.26 bits per heavy atom. The first-order chi connectivity index (χ1) is 12.9. The van der Waals surface area contributed by atoms with Crippen molar-refractivity contribution in [3.8, 4) is 5.69 Å². The van der Waals surface area contributed by atoms with E-state index in [1.165, 1.54) is 24.3 Å². The quantitative estimate of drug-likeness (QED) is 0.726. The average molecular weight is 370 g/mol. The summed E-state index contributed by atoms with van der Waals surface area (Å²) in [5, 5.41) is 7.11. The van der Waals surface area contributed by atoms with Crippen LogP contribution in [0, 0.1) is 11.6 Å². The minimum absolute atomic E-state index is 0.193. The summed E-state index contributed by atoms with van der Waals surface area (Å²) >= 11 is 0. The van der Waals surface area contributed by atoms with Gasteiger partial charge in [0.1, 0.15) is 17.7 Å². The monoisotopic (exact) mass is 370 g/mol. The van der Waals surface area contributed by atoms with Gasteiger partial charge < -0.3 is 5.32 Å². The Hall–Kier alpha value is -3.06. The fourth-order valence-electron chi connectivity index (χ4n) is 2.80. The molecule has 0 bridgehead atoms. The van der Waals surface area contributed by atoms with E-state index in [-0.39, 0.29) is 17.5 Å². The SMILES string of the molecule is CN(C)[C@@H](C(=O)NCc1cnn(-c2ccc(F)cc2)c1)c1ccc(F)cc1. The van der Waals surface area contributed by atoms with Crippen LogP contribution in [-0.2, 0) is 11.3 Å². The summed E-state index contributed by atoms with van der Waals surface area (Å²) in [5.41, 5.74) is 2.25. The lowest BCUT2D eigenvalue weighted by Gasteiger charge is -2.23. The van der Waals surface area contributed by atoms with Crippen molar-refractivity contribution >= 4 is 5.91 Å². The molecule has 3 aromatic rings. The number of benzene rings is 2. The third kappa shape index (κ3) is 4.57. The molecule has 1 atom stereocenters. The maximum atomic E-state index is 13.1. The van der Waals surface area contributed by atoms with Crippen LogP contribution in [0.3, 0.4) is 0 Å². The van der Waals surface area contributed by atoms with Crippen LogP contribution in [0.25, 0.3) is 5.69 Å². The molecule has 3 rings (SSSR count). The first kappa shape index (κ1) is 18.7. The summed E-state index contributed by atoms with van der Waals surface area (Å²) < 4.78 is 27.8.